The van der Waals surface area contributed by atoms with Crippen LogP contribution in [0.5, 0.6) is 0 Å². The number of hydrogen-bond donors (Lipinski definition) is 2. The molecule has 0 aliphatic carbocycles. The van der Waals surface area contributed by atoms with Crippen LogP contribution >= 0.6 is 12.6 Å². The second kappa shape index (κ2) is 4.50. The Bertz CT molecular complexity index is 220. The Hall–Kier alpha value is -0.710. The van der Waals surface area contributed by atoms with Gasteiger partial charge in [-0.25, -0.2) is 0 Å². The highest BCUT2D eigenvalue weighted by atomic mass is 32.1. The molecule has 0 radical (unpaired) electrons. The SMILES string of the molecule is CCC1C(=O)NCCN1C(=O)CS. The van der Waals surface area contributed by atoms with Crippen molar-refractivity contribution in [3.05, 3.63) is 0 Å². The summed E-state index contributed by atoms with van der Waals surface area (Å²) in [5.74, 6) is 0.0537. The van der Waals surface area contributed by atoms with Gasteiger partial charge in [-0.15, -0.1) is 0 Å². The number of piperazine rings is 1. The van der Waals surface area contributed by atoms with E-state index in [2.05, 4.69) is 17.9 Å². The van der Waals surface area contributed by atoms with Gasteiger partial charge in [-0.3, -0.25) is 9.59 Å². The predicted octanol–water partition coefficient (Wildman–Crippen LogP) is -0.347. The summed E-state index contributed by atoms with van der Waals surface area (Å²) in [4.78, 5) is 24.3. The van der Waals surface area contributed by atoms with Crippen LogP contribution in [0.4, 0.5) is 0 Å². The van der Waals surface area contributed by atoms with Crippen LogP contribution in [0, 0.1) is 0 Å². The van der Waals surface area contributed by atoms with Crippen LogP contribution in [-0.4, -0.2) is 41.6 Å². The zero-order valence-corrected chi connectivity index (χ0v) is 8.51. The van der Waals surface area contributed by atoms with Crippen molar-refractivity contribution in [3.8, 4) is 0 Å². The summed E-state index contributed by atoms with van der Waals surface area (Å²) in [6.45, 7) is 3.05. The molecule has 0 aromatic rings. The summed E-state index contributed by atoms with van der Waals surface area (Å²) in [6, 6.07) is -0.298. The average molecular weight is 202 g/mol. The van der Waals surface area contributed by atoms with Crippen LogP contribution in [-0.2, 0) is 9.59 Å². The molecule has 5 heteroatoms. The molecule has 1 fully saturated rings. The number of thiol groups is 1. The van der Waals surface area contributed by atoms with Gasteiger partial charge in [0.2, 0.25) is 11.8 Å². The number of amides is 2. The van der Waals surface area contributed by atoms with Crippen molar-refractivity contribution < 1.29 is 9.59 Å². The van der Waals surface area contributed by atoms with Crippen molar-refractivity contribution in [3.63, 3.8) is 0 Å². The van der Waals surface area contributed by atoms with Gasteiger partial charge in [0.25, 0.3) is 0 Å². The fourth-order valence-corrected chi connectivity index (χ4v) is 1.69. The van der Waals surface area contributed by atoms with E-state index >= 15 is 0 Å². The van der Waals surface area contributed by atoms with Gasteiger partial charge < -0.3 is 10.2 Å². The Balaban J connectivity index is 2.70. The molecule has 74 valence electrons. The minimum atomic E-state index is -0.298. The third-order valence-corrected chi connectivity index (χ3v) is 2.44. The Morgan fingerprint density at radius 1 is 1.77 bits per heavy atom. The van der Waals surface area contributed by atoms with Crippen LogP contribution in [0.15, 0.2) is 0 Å². The molecule has 2 amide bonds. The first kappa shape index (κ1) is 10.4. The third-order valence-electron chi connectivity index (χ3n) is 2.17. The van der Waals surface area contributed by atoms with E-state index in [1.54, 1.807) is 4.90 Å². The number of nitrogens with zero attached hydrogens (tertiary/aromatic N) is 1. The zero-order chi connectivity index (χ0) is 9.84. The molecule has 1 aliphatic heterocycles. The van der Waals surface area contributed by atoms with E-state index in [0.717, 1.165) is 0 Å². The van der Waals surface area contributed by atoms with Crippen molar-refractivity contribution >= 4 is 24.4 Å². The summed E-state index contributed by atoms with van der Waals surface area (Å²) in [5, 5.41) is 2.73. The molecule has 1 heterocycles. The van der Waals surface area contributed by atoms with Crippen molar-refractivity contribution in [1.29, 1.82) is 0 Å². The molecule has 4 nitrogen and oxygen atoms in total. The van der Waals surface area contributed by atoms with Gasteiger partial charge in [-0.2, -0.15) is 12.6 Å². The number of carbonyl (C=O) groups excluding carboxylic acids is 2. The van der Waals surface area contributed by atoms with Crippen LogP contribution in [0.25, 0.3) is 0 Å². The van der Waals surface area contributed by atoms with E-state index in [4.69, 9.17) is 0 Å². The van der Waals surface area contributed by atoms with Crippen LogP contribution < -0.4 is 5.32 Å². The minimum Gasteiger partial charge on any atom is -0.353 e. The molecule has 1 rings (SSSR count). The summed E-state index contributed by atoms with van der Waals surface area (Å²) < 4.78 is 0. The Morgan fingerprint density at radius 2 is 2.46 bits per heavy atom. The number of carbonyl (C=O) groups is 2. The van der Waals surface area contributed by atoms with E-state index in [1.807, 2.05) is 6.92 Å². The van der Waals surface area contributed by atoms with Gasteiger partial charge in [0.15, 0.2) is 0 Å². The van der Waals surface area contributed by atoms with E-state index < -0.39 is 0 Å². The van der Waals surface area contributed by atoms with E-state index in [0.29, 0.717) is 19.5 Å². The van der Waals surface area contributed by atoms with Crippen molar-refractivity contribution in [1.82, 2.24) is 10.2 Å². The van der Waals surface area contributed by atoms with Gasteiger partial charge in [0.05, 0.1) is 5.75 Å². The van der Waals surface area contributed by atoms with Crippen molar-refractivity contribution in [2.75, 3.05) is 18.8 Å². The number of hydrogen-bond acceptors (Lipinski definition) is 3. The van der Waals surface area contributed by atoms with Gasteiger partial charge in [0.1, 0.15) is 6.04 Å². The van der Waals surface area contributed by atoms with Gasteiger partial charge in [-0.05, 0) is 6.42 Å². The minimum absolute atomic E-state index is 0.0520. The Kier molecular flexibility index (Phi) is 3.59. The van der Waals surface area contributed by atoms with Gasteiger partial charge >= 0.3 is 0 Å². The van der Waals surface area contributed by atoms with Crippen molar-refractivity contribution in [2.45, 2.75) is 19.4 Å². The standard InChI is InChI=1S/C8H14N2O2S/c1-2-6-8(12)9-3-4-10(6)7(11)5-13/h6,13H,2-5H2,1H3,(H,9,12). The highest BCUT2D eigenvalue weighted by Crippen LogP contribution is 2.08. The Labute approximate surface area is 83.1 Å². The maximum Gasteiger partial charge on any atom is 0.242 e. The predicted molar refractivity (Wildman–Crippen MR) is 52.7 cm³/mol. The lowest BCUT2D eigenvalue weighted by atomic mass is 10.1. The summed E-state index contributed by atoms with van der Waals surface area (Å²) >= 11 is 3.91. The normalized spacial score (nSPS) is 22.8. The first-order valence-corrected chi connectivity index (χ1v) is 5.02. The summed E-state index contributed by atoms with van der Waals surface area (Å²) in [7, 11) is 0. The quantitative estimate of drug-likeness (QED) is 0.602. The molecule has 1 saturated heterocycles. The molecule has 1 N–H and O–H groups in total. The molecular formula is C8H14N2O2S. The molecule has 0 spiro atoms. The lowest BCUT2D eigenvalue weighted by Gasteiger charge is -2.34. The smallest absolute Gasteiger partial charge is 0.242 e. The number of nitrogens with one attached hydrogen (secondary N) is 1. The second-order valence-electron chi connectivity index (χ2n) is 2.96. The maximum absolute atomic E-state index is 11.4. The van der Waals surface area contributed by atoms with E-state index in [1.165, 1.54) is 0 Å². The summed E-state index contributed by atoms with van der Waals surface area (Å²) in [5.41, 5.74) is 0. The molecular weight excluding hydrogens is 188 g/mol. The summed E-state index contributed by atoms with van der Waals surface area (Å²) in [6.07, 6.45) is 0.658. The van der Waals surface area contributed by atoms with Crippen LogP contribution in [0.1, 0.15) is 13.3 Å². The lowest BCUT2D eigenvalue weighted by molar-refractivity contribution is -0.141. The molecule has 0 aromatic heterocycles. The average Bonchev–Trinajstić information content (AvgIpc) is 2.16. The first-order valence-electron chi connectivity index (χ1n) is 4.38. The molecule has 1 unspecified atom stereocenters. The Morgan fingerprint density at radius 3 is 3.00 bits per heavy atom. The maximum atomic E-state index is 11.4. The largest absolute Gasteiger partial charge is 0.353 e. The first-order chi connectivity index (χ1) is 6.20. The van der Waals surface area contributed by atoms with Crippen LogP contribution in [0.3, 0.4) is 0 Å². The van der Waals surface area contributed by atoms with Crippen LogP contribution in [0.2, 0.25) is 0 Å². The number of rotatable bonds is 2. The molecule has 0 saturated carbocycles. The molecule has 0 bridgehead atoms. The fraction of sp³-hybridized carbons (Fsp3) is 0.750. The molecule has 1 atom stereocenters. The third kappa shape index (κ3) is 2.15. The topological polar surface area (TPSA) is 49.4 Å². The van der Waals surface area contributed by atoms with Gasteiger partial charge in [-0.1, -0.05) is 6.92 Å². The lowest BCUT2D eigenvalue weighted by Crippen LogP contribution is -2.57. The van der Waals surface area contributed by atoms with Gasteiger partial charge in [0, 0.05) is 13.1 Å². The highest BCUT2D eigenvalue weighted by Gasteiger charge is 2.30. The van der Waals surface area contributed by atoms with E-state index in [-0.39, 0.29) is 23.6 Å². The van der Waals surface area contributed by atoms with Crippen molar-refractivity contribution in [2.24, 2.45) is 0 Å². The zero-order valence-electron chi connectivity index (χ0n) is 7.62. The monoisotopic (exact) mass is 202 g/mol. The molecule has 13 heavy (non-hydrogen) atoms. The fourth-order valence-electron chi connectivity index (χ4n) is 1.51. The molecule has 1 aliphatic rings. The second-order valence-corrected chi connectivity index (χ2v) is 3.28. The van der Waals surface area contributed by atoms with E-state index in [9.17, 15) is 9.59 Å². The highest BCUT2D eigenvalue weighted by molar-refractivity contribution is 7.81. The molecule has 0 aromatic carbocycles.